The van der Waals surface area contributed by atoms with Gasteiger partial charge < -0.3 is 9.47 Å². The Labute approximate surface area is 135 Å². The molecule has 5 heteroatoms. The fourth-order valence-corrected chi connectivity index (χ4v) is 2.10. The minimum Gasteiger partial charge on any atom is -0.493 e. The van der Waals surface area contributed by atoms with Crippen LogP contribution in [0.15, 0.2) is 47.6 Å². The molecule has 0 aliphatic carbocycles. The molecule has 0 spiro atoms. The van der Waals surface area contributed by atoms with Crippen LogP contribution in [0.2, 0.25) is 5.02 Å². The summed E-state index contributed by atoms with van der Waals surface area (Å²) in [5.41, 5.74) is 4.63. The van der Waals surface area contributed by atoms with E-state index in [9.17, 15) is 0 Å². The molecule has 116 valence electrons. The summed E-state index contributed by atoms with van der Waals surface area (Å²) in [5, 5.41) is 4.80. The van der Waals surface area contributed by atoms with Crippen LogP contribution in [0.4, 0.5) is 5.69 Å². The minimum atomic E-state index is 0.571. The van der Waals surface area contributed by atoms with Crippen LogP contribution < -0.4 is 14.9 Å². The predicted octanol–water partition coefficient (Wildman–Crippen LogP) is 4.58. The Morgan fingerprint density at radius 2 is 2.00 bits per heavy atom. The second kappa shape index (κ2) is 8.29. The van der Waals surface area contributed by atoms with Gasteiger partial charge in [0.1, 0.15) is 0 Å². The van der Waals surface area contributed by atoms with Crippen LogP contribution in [0, 0.1) is 0 Å². The van der Waals surface area contributed by atoms with Gasteiger partial charge in [-0.1, -0.05) is 36.7 Å². The van der Waals surface area contributed by atoms with Gasteiger partial charge >= 0.3 is 0 Å². The Hall–Kier alpha value is -2.20. The maximum absolute atomic E-state index is 6.11. The first-order valence-electron chi connectivity index (χ1n) is 7.09. The Morgan fingerprint density at radius 3 is 2.68 bits per heavy atom. The van der Waals surface area contributed by atoms with Gasteiger partial charge in [0.2, 0.25) is 0 Å². The van der Waals surface area contributed by atoms with Gasteiger partial charge in [0.15, 0.2) is 11.5 Å². The van der Waals surface area contributed by atoms with Crippen molar-refractivity contribution in [3.63, 3.8) is 0 Å². The monoisotopic (exact) mass is 318 g/mol. The Morgan fingerprint density at radius 1 is 1.23 bits per heavy atom. The molecule has 0 atom stereocenters. The van der Waals surface area contributed by atoms with Crippen molar-refractivity contribution in [2.75, 3.05) is 19.1 Å². The second-order valence-corrected chi connectivity index (χ2v) is 5.05. The van der Waals surface area contributed by atoms with E-state index in [4.69, 9.17) is 21.1 Å². The molecule has 4 nitrogen and oxygen atoms in total. The van der Waals surface area contributed by atoms with Crippen molar-refractivity contribution in [2.45, 2.75) is 13.3 Å². The lowest BCUT2D eigenvalue weighted by atomic mass is 10.2. The quantitative estimate of drug-likeness (QED) is 0.600. The van der Waals surface area contributed by atoms with Crippen LogP contribution in [0.25, 0.3) is 0 Å². The number of halogens is 1. The van der Waals surface area contributed by atoms with Crippen LogP contribution in [0.5, 0.6) is 11.5 Å². The molecule has 2 rings (SSSR count). The van der Waals surface area contributed by atoms with Gasteiger partial charge in [-0.05, 0) is 24.6 Å². The third-order valence-corrected chi connectivity index (χ3v) is 3.11. The molecule has 0 radical (unpaired) electrons. The number of methoxy groups -OCH3 is 1. The van der Waals surface area contributed by atoms with Crippen LogP contribution >= 0.6 is 11.6 Å². The highest BCUT2D eigenvalue weighted by molar-refractivity contribution is 6.31. The fraction of sp³-hybridized carbons (Fsp3) is 0.235. The molecule has 0 aliphatic heterocycles. The highest BCUT2D eigenvalue weighted by Crippen LogP contribution is 2.34. The lowest BCUT2D eigenvalue weighted by Gasteiger charge is -2.13. The fourth-order valence-electron chi connectivity index (χ4n) is 1.88. The van der Waals surface area contributed by atoms with E-state index in [0.717, 1.165) is 17.7 Å². The van der Waals surface area contributed by atoms with Crippen molar-refractivity contribution in [1.29, 1.82) is 0 Å². The van der Waals surface area contributed by atoms with E-state index in [1.54, 1.807) is 25.5 Å². The number of hydrogen-bond donors (Lipinski definition) is 1. The molecule has 1 N–H and O–H groups in total. The highest BCUT2D eigenvalue weighted by atomic mass is 35.5. The number of benzene rings is 2. The van der Waals surface area contributed by atoms with Gasteiger partial charge in [-0.3, -0.25) is 5.43 Å². The summed E-state index contributed by atoms with van der Waals surface area (Å²) in [7, 11) is 1.59. The first kappa shape index (κ1) is 16.2. The van der Waals surface area contributed by atoms with E-state index in [2.05, 4.69) is 10.5 Å². The molecule has 0 saturated heterocycles. The molecule has 0 unspecified atom stereocenters. The van der Waals surface area contributed by atoms with Gasteiger partial charge in [-0.15, -0.1) is 0 Å². The maximum atomic E-state index is 6.11. The third kappa shape index (κ3) is 4.40. The highest BCUT2D eigenvalue weighted by Gasteiger charge is 2.11. The molecule has 0 aromatic heterocycles. The number of nitrogens with zero attached hydrogens (tertiary/aromatic N) is 1. The summed E-state index contributed by atoms with van der Waals surface area (Å²) in [6.07, 6.45) is 2.58. The van der Waals surface area contributed by atoms with Crippen molar-refractivity contribution < 1.29 is 9.47 Å². The first-order chi connectivity index (χ1) is 10.7. The van der Waals surface area contributed by atoms with Gasteiger partial charge in [-0.2, -0.15) is 5.10 Å². The summed E-state index contributed by atoms with van der Waals surface area (Å²) in [6.45, 7) is 2.65. The van der Waals surface area contributed by atoms with Crippen LogP contribution in [-0.2, 0) is 0 Å². The lowest BCUT2D eigenvalue weighted by Crippen LogP contribution is -2.02. The molecule has 2 aromatic rings. The average molecular weight is 319 g/mol. The zero-order valence-electron chi connectivity index (χ0n) is 12.7. The zero-order chi connectivity index (χ0) is 15.8. The summed E-state index contributed by atoms with van der Waals surface area (Å²) >= 11 is 6.11. The Kier molecular flexibility index (Phi) is 6.10. The number of nitrogens with one attached hydrogen (secondary N) is 1. The predicted molar refractivity (Wildman–Crippen MR) is 91.4 cm³/mol. The van der Waals surface area contributed by atoms with Crippen molar-refractivity contribution >= 4 is 23.5 Å². The maximum Gasteiger partial charge on any atom is 0.170 e. The zero-order valence-corrected chi connectivity index (χ0v) is 13.4. The standard InChI is InChI=1S/C17H19ClN2O2/c1-3-9-22-17-13(10-14(18)11-16(17)21-2)12-19-20-15-7-5-4-6-8-15/h4-8,10-12,20H,3,9H2,1-2H3. The van der Waals surface area contributed by atoms with E-state index in [-0.39, 0.29) is 0 Å². The molecule has 0 heterocycles. The molecule has 0 saturated carbocycles. The topological polar surface area (TPSA) is 42.8 Å². The van der Waals surface area contributed by atoms with Gasteiger partial charge in [0, 0.05) is 16.7 Å². The van der Waals surface area contributed by atoms with E-state index in [0.29, 0.717) is 23.1 Å². The van der Waals surface area contributed by atoms with Crippen molar-refractivity contribution in [2.24, 2.45) is 5.10 Å². The summed E-state index contributed by atoms with van der Waals surface area (Å²) in [6, 6.07) is 13.2. The molecule has 2 aromatic carbocycles. The van der Waals surface area contributed by atoms with Gasteiger partial charge in [0.05, 0.1) is 25.6 Å². The van der Waals surface area contributed by atoms with E-state index in [1.165, 1.54) is 0 Å². The van der Waals surface area contributed by atoms with E-state index in [1.807, 2.05) is 37.3 Å². The summed E-state index contributed by atoms with van der Waals surface area (Å²) < 4.78 is 11.1. The van der Waals surface area contributed by atoms with Crippen molar-refractivity contribution in [1.82, 2.24) is 0 Å². The molecule has 0 amide bonds. The number of hydrazone groups is 1. The van der Waals surface area contributed by atoms with E-state index < -0.39 is 0 Å². The Balaban J connectivity index is 2.22. The number of ether oxygens (including phenoxy) is 2. The van der Waals surface area contributed by atoms with Crippen molar-refractivity contribution in [3.05, 3.63) is 53.1 Å². The second-order valence-electron chi connectivity index (χ2n) is 4.61. The van der Waals surface area contributed by atoms with Gasteiger partial charge in [-0.25, -0.2) is 0 Å². The SMILES string of the molecule is CCCOc1c(C=NNc2ccccc2)cc(Cl)cc1OC. The molecule has 22 heavy (non-hydrogen) atoms. The molecule has 0 bridgehead atoms. The average Bonchev–Trinajstić information content (AvgIpc) is 2.54. The summed E-state index contributed by atoms with van der Waals surface area (Å²) in [4.78, 5) is 0. The Bertz CT molecular complexity index is 630. The number of rotatable bonds is 7. The van der Waals surface area contributed by atoms with Crippen LogP contribution in [0.3, 0.4) is 0 Å². The first-order valence-corrected chi connectivity index (χ1v) is 7.47. The number of hydrogen-bond acceptors (Lipinski definition) is 4. The molecule has 0 aliphatic rings. The smallest absolute Gasteiger partial charge is 0.170 e. The molecule has 0 fully saturated rings. The minimum absolute atomic E-state index is 0.571. The lowest BCUT2D eigenvalue weighted by molar-refractivity contribution is 0.294. The normalized spacial score (nSPS) is 10.7. The van der Waals surface area contributed by atoms with Crippen LogP contribution in [0.1, 0.15) is 18.9 Å². The van der Waals surface area contributed by atoms with E-state index >= 15 is 0 Å². The molecular formula is C17H19ClN2O2. The number of para-hydroxylation sites is 1. The van der Waals surface area contributed by atoms with Crippen LogP contribution in [-0.4, -0.2) is 19.9 Å². The number of anilines is 1. The largest absolute Gasteiger partial charge is 0.493 e. The molecular weight excluding hydrogens is 300 g/mol. The van der Waals surface area contributed by atoms with Gasteiger partial charge in [0.25, 0.3) is 0 Å². The summed E-state index contributed by atoms with van der Waals surface area (Å²) in [5.74, 6) is 1.24. The van der Waals surface area contributed by atoms with Crippen molar-refractivity contribution in [3.8, 4) is 11.5 Å². The third-order valence-electron chi connectivity index (χ3n) is 2.89.